The third kappa shape index (κ3) is 3.01. The first-order chi connectivity index (χ1) is 12.6. The highest BCUT2D eigenvalue weighted by atomic mass is 16.5. The molecule has 0 saturated carbocycles. The number of rotatable bonds is 6. The minimum absolute atomic E-state index is 0.539. The van der Waals surface area contributed by atoms with E-state index >= 15 is 0 Å². The van der Waals surface area contributed by atoms with Crippen LogP contribution in [0.25, 0.3) is 22.3 Å². The van der Waals surface area contributed by atoms with Crippen LogP contribution in [0, 0.1) is 0 Å². The number of nitrogens with two attached hydrogens (primary N) is 1. The van der Waals surface area contributed by atoms with Gasteiger partial charge in [-0.15, -0.1) is 0 Å². The third-order valence-electron chi connectivity index (χ3n) is 4.18. The van der Waals surface area contributed by atoms with Crippen molar-refractivity contribution in [2.45, 2.75) is 0 Å². The van der Waals surface area contributed by atoms with Crippen molar-refractivity contribution in [2.24, 2.45) is 0 Å². The zero-order valence-electron chi connectivity index (χ0n) is 15.2. The Morgan fingerprint density at radius 1 is 0.692 bits per heavy atom. The van der Waals surface area contributed by atoms with Crippen LogP contribution in [0.3, 0.4) is 0 Å². The van der Waals surface area contributed by atoms with Crippen molar-refractivity contribution in [1.82, 2.24) is 0 Å². The lowest BCUT2D eigenvalue weighted by atomic mass is 9.98. The first kappa shape index (κ1) is 17.5. The summed E-state index contributed by atoms with van der Waals surface area (Å²) < 4.78 is 27.0. The van der Waals surface area contributed by atoms with Crippen LogP contribution in [0.4, 0.5) is 5.69 Å². The topological polar surface area (TPSA) is 76.1 Å². The summed E-state index contributed by atoms with van der Waals surface area (Å²) in [5, 5.41) is 0. The fraction of sp³-hybridized carbons (Fsp3) is 0.200. The molecule has 0 unspecified atom stereocenters. The van der Waals surface area contributed by atoms with Gasteiger partial charge in [0.05, 0.1) is 46.7 Å². The molecule has 0 spiro atoms. The number of methoxy groups -OCH3 is 4. The van der Waals surface area contributed by atoms with Crippen molar-refractivity contribution in [3.05, 3.63) is 42.9 Å². The van der Waals surface area contributed by atoms with Gasteiger partial charge < -0.3 is 29.1 Å². The second kappa shape index (κ2) is 7.31. The van der Waals surface area contributed by atoms with Gasteiger partial charge in [0, 0.05) is 11.1 Å². The maximum Gasteiger partial charge on any atom is 0.203 e. The van der Waals surface area contributed by atoms with Gasteiger partial charge in [-0.2, -0.15) is 0 Å². The molecule has 0 amide bonds. The van der Waals surface area contributed by atoms with Crippen LogP contribution in [-0.2, 0) is 0 Å². The predicted octanol–water partition coefficient (Wildman–Crippen LogP) is 4.23. The van der Waals surface area contributed by atoms with E-state index in [1.54, 1.807) is 41.0 Å². The number of furan rings is 1. The van der Waals surface area contributed by atoms with Crippen molar-refractivity contribution in [1.29, 1.82) is 0 Å². The summed E-state index contributed by atoms with van der Waals surface area (Å²) in [5.74, 6) is 2.32. The van der Waals surface area contributed by atoms with Crippen molar-refractivity contribution in [3.63, 3.8) is 0 Å². The largest absolute Gasteiger partial charge is 0.495 e. The molecular formula is C20H21NO5. The molecule has 0 radical (unpaired) electrons. The van der Waals surface area contributed by atoms with E-state index < -0.39 is 0 Å². The van der Waals surface area contributed by atoms with Gasteiger partial charge in [0.2, 0.25) is 5.75 Å². The highest BCUT2D eigenvalue weighted by Gasteiger charge is 2.18. The molecule has 2 N–H and O–H groups in total. The first-order valence-electron chi connectivity index (χ1n) is 7.93. The molecule has 0 saturated heterocycles. The van der Waals surface area contributed by atoms with Gasteiger partial charge in [-0.1, -0.05) is 6.07 Å². The molecule has 0 aliphatic carbocycles. The summed E-state index contributed by atoms with van der Waals surface area (Å²) in [4.78, 5) is 0. The second-order valence-electron chi connectivity index (χ2n) is 5.57. The second-order valence-corrected chi connectivity index (χ2v) is 5.57. The zero-order chi connectivity index (χ0) is 18.7. The van der Waals surface area contributed by atoms with Crippen molar-refractivity contribution < 1.29 is 23.4 Å². The van der Waals surface area contributed by atoms with Crippen LogP contribution in [0.2, 0.25) is 0 Å². The van der Waals surface area contributed by atoms with E-state index in [9.17, 15) is 0 Å². The van der Waals surface area contributed by atoms with E-state index in [2.05, 4.69) is 0 Å². The van der Waals surface area contributed by atoms with Gasteiger partial charge >= 0.3 is 0 Å². The minimum Gasteiger partial charge on any atom is -0.495 e. The van der Waals surface area contributed by atoms with E-state index in [1.807, 2.05) is 30.3 Å². The average molecular weight is 355 g/mol. The average Bonchev–Trinajstić information content (AvgIpc) is 3.16. The fourth-order valence-corrected chi connectivity index (χ4v) is 2.88. The number of benzene rings is 2. The summed E-state index contributed by atoms with van der Waals surface area (Å²) >= 11 is 0. The Hall–Kier alpha value is -3.28. The SMILES string of the molecule is COc1ccc(-c2cocc2-c2cc(OC)c(OC)c(OC)c2)cc1N. The molecule has 6 heteroatoms. The summed E-state index contributed by atoms with van der Waals surface area (Å²) in [6.07, 6.45) is 3.36. The number of ether oxygens (including phenoxy) is 4. The summed E-state index contributed by atoms with van der Waals surface area (Å²) in [5.41, 5.74) is 10.2. The summed E-state index contributed by atoms with van der Waals surface area (Å²) in [7, 11) is 6.33. The highest BCUT2D eigenvalue weighted by molar-refractivity contribution is 5.85. The lowest BCUT2D eigenvalue weighted by Crippen LogP contribution is -1.96. The monoisotopic (exact) mass is 355 g/mol. The maximum absolute atomic E-state index is 6.04. The van der Waals surface area contributed by atoms with Crippen LogP contribution in [-0.4, -0.2) is 28.4 Å². The Morgan fingerprint density at radius 2 is 1.27 bits per heavy atom. The summed E-state index contributed by atoms with van der Waals surface area (Å²) in [6.45, 7) is 0. The Labute approximate surface area is 152 Å². The van der Waals surface area contributed by atoms with Gasteiger partial charge in [0.25, 0.3) is 0 Å². The number of nitrogen functional groups attached to an aromatic ring is 1. The Kier molecular flexibility index (Phi) is 4.93. The van der Waals surface area contributed by atoms with Crippen molar-refractivity contribution in [2.75, 3.05) is 34.2 Å². The Balaban J connectivity index is 2.13. The van der Waals surface area contributed by atoms with Crippen LogP contribution < -0.4 is 24.7 Å². The number of anilines is 1. The highest BCUT2D eigenvalue weighted by Crippen LogP contribution is 2.44. The normalized spacial score (nSPS) is 10.5. The lowest BCUT2D eigenvalue weighted by molar-refractivity contribution is 0.324. The van der Waals surface area contributed by atoms with E-state index in [1.165, 1.54) is 0 Å². The maximum atomic E-state index is 6.04. The van der Waals surface area contributed by atoms with Crippen LogP contribution in [0.1, 0.15) is 0 Å². The van der Waals surface area contributed by atoms with Crippen molar-refractivity contribution in [3.8, 4) is 45.3 Å². The van der Waals surface area contributed by atoms with Crippen LogP contribution in [0.5, 0.6) is 23.0 Å². The fourth-order valence-electron chi connectivity index (χ4n) is 2.88. The Morgan fingerprint density at radius 3 is 1.77 bits per heavy atom. The summed E-state index contributed by atoms with van der Waals surface area (Å²) in [6, 6.07) is 9.37. The number of hydrogen-bond donors (Lipinski definition) is 1. The first-order valence-corrected chi connectivity index (χ1v) is 7.93. The predicted molar refractivity (Wildman–Crippen MR) is 100 cm³/mol. The van der Waals surface area contributed by atoms with E-state index in [-0.39, 0.29) is 0 Å². The molecular weight excluding hydrogens is 334 g/mol. The molecule has 0 aliphatic rings. The Bertz CT molecular complexity index is 891. The molecule has 26 heavy (non-hydrogen) atoms. The van der Waals surface area contributed by atoms with Gasteiger partial charge in [-0.25, -0.2) is 0 Å². The molecule has 6 nitrogen and oxygen atoms in total. The zero-order valence-corrected chi connectivity index (χ0v) is 15.2. The molecule has 1 heterocycles. The van der Waals surface area contributed by atoms with Crippen LogP contribution >= 0.6 is 0 Å². The molecule has 1 aromatic heterocycles. The van der Waals surface area contributed by atoms with E-state index in [0.29, 0.717) is 28.7 Å². The smallest absolute Gasteiger partial charge is 0.203 e. The van der Waals surface area contributed by atoms with E-state index in [4.69, 9.17) is 29.1 Å². The van der Waals surface area contributed by atoms with E-state index in [0.717, 1.165) is 22.3 Å². The van der Waals surface area contributed by atoms with Gasteiger partial charge in [-0.3, -0.25) is 0 Å². The quantitative estimate of drug-likeness (QED) is 0.667. The molecule has 0 aliphatic heterocycles. The van der Waals surface area contributed by atoms with Gasteiger partial charge in [0.1, 0.15) is 5.75 Å². The molecule has 3 rings (SSSR count). The minimum atomic E-state index is 0.539. The molecule has 136 valence electrons. The molecule has 0 bridgehead atoms. The lowest BCUT2D eigenvalue weighted by Gasteiger charge is -2.14. The van der Waals surface area contributed by atoms with Gasteiger partial charge in [-0.05, 0) is 35.4 Å². The molecule has 3 aromatic rings. The van der Waals surface area contributed by atoms with Crippen molar-refractivity contribution >= 4 is 5.69 Å². The standard InChI is InChI=1S/C20H21NO5/c1-22-17-6-5-12(7-16(17)21)14-10-26-11-15(14)13-8-18(23-2)20(25-4)19(9-13)24-3/h5-11H,21H2,1-4H3. The number of hydrogen-bond acceptors (Lipinski definition) is 6. The van der Waals surface area contributed by atoms with Crippen LogP contribution in [0.15, 0.2) is 47.3 Å². The third-order valence-corrected chi connectivity index (χ3v) is 4.18. The van der Waals surface area contributed by atoms with Gasteiger partial charge in [0.15, 0.2) is 11.5 Å². The molecule has 0 fully saturated rings. The molecule has 0 atom stereocenters. The molecule has 2 aromatic carbocycles.